The van der Waals surface area contributed by atoms with Crippen molar-refractivity contribution in [2.24, 2.45) is 11.1 Å². The van der Waals surface area contributed by atoms with E-state index in [1.165, 1.54) is 0 Å². The van der Waals surface area contributed by atoms with Crippen molar-refractivity contribution in [1.82, 2.24) is 5.32 Å². The summed E-state index contributed by atoms with van der Waals surface area (Å²) in [7, 11) is 1.15. The average Bonchev–Trinajstić information content (AvgIpc) is 2.26. The lowest BCUT2D eigenvalue weighted by molar-refractivity contribution is -0.148. The number of carbonyl (C=O) groups is 3. The fourth-order valence-electron chi connectivity index (χ4n) is 1.21. The van der Waals surface area contributed by atoms with E-state index in [1.807, 2.05) is 20.8 Å². The van der Waals surface area contributed by atoms with Gasteiger partial charge in [0.25, 0.3) is 0 Å². The predicted octanol–water partition coefficient (Wildman–Crippen LogP) is -0.118. The Labute approximate surface area is 112 Å². The minimum absolute atomic E-state index is 0.00550. The molecule has 2 atom stereocenters. The topological polar surface area (TPSA) is 119 Å². The van der Waals surface area contributed by atoms with Crippen molar-refractivity contribution in [3.05, 3.63) is 0 Å². The molecule has 1 unspecified atom stereocenters. The first kappa shape index (κ1) is 17.4. The summed E-state index contributed by atoms with van der Waals surface area (Å²) in [5.74, 6) is -2.49. The van der Waals surface area contributed by atoms with Gasteiger partial charge in [0.1, 0.15) is 6.04 Å². The number of hydrogen-bond donors (Lipinski definition) is 3. The van der Waals surface area contributed by atoms with E-state index in [9.17, 15) is 14.4 Å². The Balaban J connectivity index is 4.49. The van der Waals surface area contributed by atoms with Crippen LogP contribution < -0.4 is 11.1 Å². The van der Waals surface area contributed by atoms with E-state index < -0.39 is 36.4 Å². The van der Waals surface area contributed by atoms with E-state index >= 15 is 0 Å². The number of aliphatic carboxylic acids is 1. The zero-order valence-corrected chi connectivity index (χ0v) is 11.7. The van der Waals surface area contributed by atoms with Gasteiger partial charge < -0.3 is 20.9 Å². The molecule has 0 aromatic heterocycles. The first-order valence-corrected chi connectivity index (χ1v) is 5.92. The average molecular weight is 274 g/mol. The third kappa shape index (κ3) is 6.76. The van der Waals surface area contributed by atoms with Crippen LogP contribution in [0.25, 0.3) is 0 Å². The molecular formula is C12H22N2O5. The van der Waals surface area contributed by atoms with Gasteiger partial charge in [0.15, 0.2) is 0 Å². The van der Waals surface area contributed by atoms with E-state index in [-0.39, 0.29) is 11.8 Å². The number of methoxy groups -OCH3 is 1. The third-order valence-electron chi connectivity index (χ3n) is 2.75. The van der Waals surface area contributed by atoms with Crippen LogP contribution in [0.5, 0.6) is 0 Å². The number of carbonyl (C=O) groups excluding carboxylic acids is 2. The highest BCUT2D eigenvalue weighted by Gasteiger charge is 2.27. The van der Waals surface area contributed by atoms with E-state index in [1.54, 1.807) is 0 Å². The Morgan fingerprint density at radius 1 is 1.26 bits per heavy atom. The second-order valence-electron chi connectivity index (χ2n) is 5.42. The molecule has 0 aliphatic heterocycles. The maximum Gasteiger partial charge on any atom is 0.326 e. The Hall–Kier alpha value is -1.63. The summed E-state index contributed by atoms with van der Waals surface area (Å²) in [6, 6.07) is -1.70. The van der Waals surface area contributed by atoms with Crippen LogP contribution in [0.4, 0.5) is 0 Å². The molecule has 0 saturated heterocycles. The van der Waals surface area contributed by atoms with Crippen LogP contribution in [0.15, 0.2) is 0 Å². The number of nitrogens with two attached hydrogens (primary N) is 1. The second-order valence-corrected chi connectivity index (χ2v) is 5.42. The maximum absolute atomic E-state index is 11.7. The number of nitrogens with one attached hydrogen (secondary N) is 1. The number of hydrogen-bond acceptors (Lipinski definition) is 5. The Bertz CT molecular complexity index is 349. The van der Waals surface area contributed by atoms with Gasteiger partial charge in [-0.05, 0) is 5.41 Å². The van der Waals surface area contributed by atoms with E-state index in [0.717, 1.165) is 7.11 Å². The first-order valence-electron chi connectivity index (χ1n) is 5.92. The van der Waals surface area contributed by atoms with Crippen molar-refractivity contribution >= 4 is 17.8 Å². The van der Waals surface area contributed by atoms with Crippen LogP contribution in [0.3, 0.4) is 0 Å². The van der Waals surface area contributed by atoms with Crippen molar-refractivity contribution in [3.63, 3.8) is 0 Å². The fourth-order valence-corrected chi connectivity index (χ4v) is 1.21. The molecular weight excluding hydrogens is 252 g/mol. The highest BCUT2D eigenvalue weighted by molar-refractivity contribution is 5.87. The fraction of sp³-hybridized carbons (Fsp3) is 0.750. The number of amides is 1. The molecule has 0 aromatic carbocycles. The molecule has 0 rings (SSSR count). The number of esters is 1. The molecule has 110 valence electrons. The zero-order valence-electron chi connectivity index (χ0n) is 11.7. The van der Waals surface area contributed by atoms with Crippen LogP contribution in [0.1, 0.15) is 33.6 Å². The lowest BCUT2D eigenvalue weighted by atomic mass is 9.85. The molecule has 0 heterocycles. The van der Waals surface area contributed by atoms with Gasteiger partial charge in [0.2, 0.25) is 5.91 Å². The Morgan fingerprint density at radius 3 is 2.16 bits per heavy atom. The van der Waals surface area contributed by atoms with Crippen LogP contribution in [0, 0.1) is 5.41 Å². The van der Waals surface area contributed by atoms with Crippen molar-refractivity contribution < 1.29 is 24.2 Å². The second kappa shape index (κ2) is 7.08. The lowest BCUT2D eigenvalue weighted by Gasteiger charge is -2.26. The summed E-state index contributed by atoms with van der Waals surface area (Å²) >= 11 is 0. The van der Waals surface area contributed by atoms with Crippen molar-refractivity contribution in [1.29, 1.82) is 0 Å². The lowest BCUT2D eigenvalue weighted by Crippen LogP contribution is -2.46. The van der Waals surface area contributed by atoms with E-state index in [4.69, 9.17) is 10.8 Å². The third-order valence-corrected chi connectivity index (χ3v) is 2.75. The Morgan fingerprint density at radius 2 is 1.79 bits per heavy atom. The Kier molecular flexibility index (Phi) is 6.47. The number of carboxylic acid groups (broad SMARTS) is 1. The van der Waals surface area contributed by atoms with Gasteiger partial charge in [-0.3, -0.25) is 9.59 Å². The van der Waals surface area contributed by atoms with Gasteiger partial charge in [-0.25, -0.2) is 4.79 Å². The predicted molar refractivity (Wildman–Crippen MR) is 68.2 cm³/mol. The van der Waals surface area contributed by atoms with Crippen molar-refractivity contribution in [2.75, 3.05) is 7.11 Å². The number of rotatable bonds is 6. The normalized spacial score (nSPS) is 14.4. The van der Waals surface area contributed by atoms with Gasteiger partial charge in [0.05, 0.1) is 13.5 Å². The van der Waals surface area contributed by atoms with Gasteiger partial charge in [0, 0.05) is 12.5 Å². The number of carboxylic acids is 1. The van der Waals surface area contributed by atoms with Crippen LogP contribution in [-0.4, -0.2) is 42.1 Å². The molecule has 0 aromatic rings. The van der Waals surface area contributed by atoms with Gasteiger partial charge >= 0.3 is 11.9 Å². The van der Waals surface area contributed by atoms with Crippen molar-refractivity contribution in [3.8, 4) is 0 Å². The standard InChI is InChI=1S/C12H22N2O5/c1-12(2,3)8(13)6-9(15)14-7(11(17)18)5-10(16)19-4/h7-8H,5-6,13H2,1-4H3,(H,14,15)(H,17,18)/t7-,8?/m0/s1. The summed E-state index contributed by atoms with van der Waals surface area (Å²) in [5, 5.41) is 11.2. The smallest absolute Gasteiger partial charge is 0.326 e. The highest BCUT2D eigenvalue weighted by atomic mass is 16.5. The van der Waals surface area contributed by atoms with Crippen LogP contribution in [0.2, 0.25) is 0 Å². The number of ether oxygens (including phenoxy) is 1. The van der Waals surface area contributed by atoms with Crippen molar-refractivity contribution in [2.45, 2.75) is 45.7 Å². The molecule has 0 bridgehead atoms. The zero-order chi connectivity index (χ0) is 15.2. The summed E-state index contributed by atoms with van der Waals surface area (Å²) in [6.07, 6.45) is -0.420. The summed E-state index contributed by atoms with van der Waals surface area (Å²) in [4.78, 5) is 33.6. The summed E-state index contributed by atoms with van der Waals surface area (Å²) < 4.78 is 4.37. The quantitative estimate of drug-likeness (QED) is 0.581. The van der Waals surface area contributed by atoms with E-state index in [2.05, 4.69) is 10.1 Å². The van der Waals surface area contributed by atoms with Gasteiger partial charge in [-0.1, -0.05) is 20.8 Å². The minimum Gasteiger partial charge on any atom is -0.480 e. The minimum atomic E-state index is -1.30. The monoisotopic (exact) mass is 274 g/mol. The summed E-state index contributed by atoms with van der Waals surface area (Å²) in [6.45, 7) is 5.65. The largest absolute Gasteiger partial charge is 0.480 e. The molecule has 0 fully saturated rings. The SMILES string of the molecule is COC(=O)C[C@H](NC(=O)CC(N)C(C)(C)C)C(=O)O. The van der Waals surface area contributed by atoms with E-state index in [0.29, 0.717) is 0 Å². The molecule has 0 aliphatic carbocycles. The molecule has 7 nitrogen and oxygen atoms in total. The summed E-state index contributed by atoms with van der Waals surface area (Å²) in [5.41, 5.74) is 5.57. The molecule has 1 amide bonds. The van der Waals surface area contributed by atoms with Gasteiger partial charge in [-0.2, -0.15) is 0 Å². The molecule has 7 heteroatoms. The van der Waals surface area contributed by atoms with Crippen LogP contribution >= 0.6 is 0 Å². The van der Waals surface area contributed by atoms with Gasteiger partial charge in [-0.15, -0.1) is 0 Å². The first-order chi connectivity index (χ1) is 8.57. The molecule has 0 spiro atoms. The molecule has 19 heavy (non-hydrogen) atoms. The molecule has 4 N–H and O–H groups in total. The molecule has 0 saturated carbocycles. The molecule has 0 radical (unpaired) electrons. The maximum atomic E-state index is 11.7. The highest BCUT2D eigenvalue weighted by Crippen LogP contribution is 2.19. The van der Waals surface area contributed by atoms with Crippen LogP contribution in [-0.2, 0) is 19.1 Å². The molecule has 0 aliphatic rings.